The Bertz CT molecular complexity index is 1640. The van der Waals surface area contributed by atoms with Gasteiger partial charge >= 0.3 is 17.9 Å². The highest BCUT2D eigenvalue weighted by Crippen LogP contribution is 2.14. The first-order chi connectivity index (χ1) is 36.5. The number of carbonyl (C=O) groups is 3. The first-order valence-electron chi connectivity index (χ1n) is 29.8. The molecule has 0 spiro atoms. The summed E-state index contributed by atoms with van der Waals surface area (Å²) in [6, 6.07) is 0. The van der Waals surface area contributed by atoms with Crippen molar-refractivity contribution in [2.24, 2.45) is 0 Å². The lowest BCUT2D eigenvalue weighted by atomic mass is 10.1. The Morgan fingerprint density at radius 1 is 0.297 bits per heavy atom. The molecule has 74 heavy (non-hydrogen) atoms. The normalized spacial score (nSPS) is 13.2. The van der Waals surface area contributed by atoms with E-state index in [4.69, 9.17) is 14.2 Å². The van der Waals surface area contributed by atoms with E-state index >= 15 is 0 Å². The van der Waals surface area contributed by atoms with Crippen molar-refractivity contribution in [3.05, 3.63) is 146 Å². The lowest BCUT2D eigenvalue weighted by Gasteiger charge is -2.18. The summed E-state index contributed by atoms with van der Waals surface area (Å²) in [6.45, 7) is 6.28. The molecule has 0 rings (SSSR count). The third kappa shape index (κ3) is 58.2. The van der Waals surface area contributed by atoms with Crippen molar-refractivity contribution in [3.63, 3.8) is 0 Å². The summed E-state index contributed by atoms with van der Waals surface area (Å²) in [5.41, 5.74) is 0. The molecular weight excluding hydrogens is 913 g/mol. The fraction of sp³-hybridized carbons (Fsp3) is 0.603. The molecule has 0 aromatic rings. The van der Waals surface area contributed by atoms with Crippen LogP contribution in [-0.4, -0.2) is 37.2 Å². The van der Waals surface area contributed by atoms with Crippen LogP contribution in [0.25, 0.3) is 0 Å². The number of rotatable bonds is 52. The van der Waals surface area contributed by atoms with Crippen molar-refractivity contribution in [1.29, 1.82) is 0 Å². The van der Waals surface area contributed by atoms with E-state index in [1.807, 2.05) is 6.08 Å². The molecule has 0 aliphatic carbocycles. The Balaban J connectivity index is 4.47. The Morgan fingerprint density at radius 3 is 0.946 bits per heavy atom. The van der Waals surface area contributed by atoms with Gasteiger partial charge in [0.15, 0.2) is 6.10 Å². The second-order valence-corrected chi connectivity index (χ2v) is 19.2. The Labute approximate surface area is 455 Å². The van der Waals surface area contributed by atoms with E-state index in [9.17, 15) is 14.4 Å². The zero-order chi connectivity index (χ0) is 53.6. The highest BCUT2D eigenvalue weighted by atomic mass is 16.6. The van der Waals surface area contributed by atoms with E-state index in [1.54, 1.807) is 6.08 Å². The van der Waals surface area contributed by atoms with Gasteiger partial charge in [0, 0.05) is 12.8 Å². The van der Waals surface area contributed by atoms with E-state index in [2.05, 4.69) is 154 Å². The van der Waals surface area contributed by atoms with Gasteiger partial charge in [-0.1, -0.05) is 250 Å². The third-order valence-corrected chi connectivity index (χ3v) is 12.1. The topological polar surface area (TPSA) is 78.9 Å². The monoisotopic (exact) mass is 1020 g/mol. The van der Waals surface area contributed by atoms with Crippen LogP contribution in [0, 0.1) is 0 Å². The molecule has 0 aliphatic rings. The van der Waals surface area contributed by atoms with Crippen molar-refractivity contribution in [1.82, 2.24) is 0 Å². The van der Waals surface area contributed by atoms with E-state index < -0.39 is 12.1 Å². The summed E-state index contributed by atoms with van der Waals surface area (Å²) >= 11 is 0. The molecule has 0 saturated carbocycles. The van der Waals surface area contributed by atoms with E-state index in [-0.39, 0.29) is 38.0 Å². The van der Waals surface area contributed by atoms with Crippen LogP contribution in [0.3, 0.4) is 0 Å². The van der Waals surface area contributed by atoms with Crippen molar-refractivity contribution in [3.8, 4) is 0 Å². The van der Waals surface area contributed by atoms with Crippen LogP contribution in [-0.2, 0) is 28.6 Å². The number of hydrogen-bond donors (Lipinski definition) is 0. The average molecular weight is 1020 g/mol. The van der Waals surface area contributed by atoms with Crippen molar-refractivity contribution >= 4 is 17.9 Å². The number of allylic oxidation sites excluding steroid dienone is 23. The lowest BCUT2D eigenvalue weighted by Crippen LogP contribution is -2.30. The quantitative estimate of drug-likeness (QED) is 0.0261. The Hall–Kier alpha value is -4.71. The molecule has 1 unspecified atom stereocenters. The van der Waals surface area contributed by atoms with Gasteiger partial charge in [-0.3, -0.25) is 14.4 Å². The minimum Gasteiger partial charge on any atom is -0.462 e. The van der Waals surface area contributed by atoms with Gasteiger partial charge in [-0.25, -0.2) is 0 Å². The number of hydrogen-bond acceptors (Lipinski definition) is 6. The van der Waals surface area contributed by atoms with Gasteiger partial charge in [-0.05, 0) is 122 Å². The van der Waals surface area contributed by atoms with E-state index in [1.165, 1.54) is 70.6 Å². The number of esters is 3. The van der Waals surface area contributed by atoms with E-state index in [0.29, 0.717) is 6.42 Å². The predicted octanol–water partition coefficient (Wildman–Crippen LogP) is 20.4. The number of unbranched alkanes of at least 4 members (excludes halogenated alkanes) is 18. The first kappa shape index (κ1) is 69.3. The second kappa shape index (κ2) is 60.8. The fourth-order valence-electron chi connectivity index (χ4n) is 7.69. The molecule has 0 radical (unpaired) electrons. The van der Waals surface area contributed by atoms with Gasteiger partial charge in [0.25, 0.3) is 0 Å². The smallest absolute Gasteiger partial charge is 0.309 e. The zero-order valence-corrected chi connectivity index (χ0v) is 47.5. The van der Waals surface area contributed by atoms with Gasteiger partial charge in [-0.15, -0.1) is 0 Å². The van der Waals surface area contributed by atoms with E-state index in [0.717, 1.165) is 135 Å². The lowest BCUT2D eigenvalue weighted by molar-refractivity contribution is -0.166. The maximum atomic E-state index is 12.9. The highest BCUT2D eigenvalue weighted by Gasteiger charge is 2.19. The number of ether oxygens (including phenoxy) is 3. The molecule has 0 bridgehead atoms. The largest absolute Gasteiger partial charge is 0.462 e. The van der Waals surface area contributed by atoms with Gasteiger partial charge in [-0.2, -0.15) is 0 Å². The molecule has 1 atom stereocenters. The van der Waals surface area contributed by atoms with Crippen LogP contribution in [0.15, 0.2) is 146 Å². The molecule has 0 aromatic carbocycles. The third-order valence-electron chi connectivity index (χ3n) is 12.1. The molecule has 0 amide bonds. The van der Waals surface area contributed by atoms with Gasteiger partial charge in [0.05, 0.1) is 6.42 Å². The zero-order valence-electron chi connectivity index (χ0n) is 47.5. The summed E-state index contributed by atoms with van der Waals surface area (Å²) in [5, 5.41) is 0. The standard InChI is InChI=1S/C68H108O6/c1-4-7-10-13-16-19-22-25-28-30-31-32-33-34-35-36-37-38-41-43-46-49-52-55-58-61-67(70)73-64-65(63-72-66(69)60-57-54-51-48-45-42-39-27-24-21-18-15-12-9-6-3)74-68(71)62-59-56-53-50-47-44-40-29-26-23-20-17-14-11-8-5-2/h7,9-10,12,16,18-21,23,25,27-29,31-32,34-35,39-40,45,48,54,57,65H,4-6,8,11,13-15,17,22,24,26,30,33,36-38,41-44,46-47,49-53,55-56,58-64H2,1-3H3/b10-7-,12-9-,19-16-,21-18-,23-20-,28-25-,32-31-,35-34-,39-27-,40-29-,48-45-,57-54-. The van der Waals surface area contributed by atoms with Crippen molar-refractivity contribution in [2.45, 2.75) is 252 Å². The van der Waals surface area contributed by atoms with Crippen LogP contribution in [0.1, 0.15) is 245 Å². The molecule has 0 saturated heterocycles. The maximum Gasteiger partial charge on any atom is 0.309 e. The van der Waals surface area contributed by atoms with Crippen molar-refractivity contribution in [2.75, 3.05) is 13.2 Å². The van der Waals surface area contributed by atoms with Crippen molar-refractivity contribution < 1.29 is 28.6 Å². The summed E-state index contributed by atoms with van der Waals surface area (Å²) in [7, 11) is 0. The molecule has 6 heteroatoms. The second-order valence-electron chi connectivity index (χ2n) is 19.2. The first-order valence-corrected chi connectivity index (χ1v) is 29.8. The Kier molecular flexibility index (Phi) is 57.0. The fourth-order valence-corrected chi connectivity index (χ4v) is 7.69. The molecule has 6 nitrogen and oxygen atoms in total. The molecule has 0 fully saturated rings. The molecule has 0 N–H and O–H groups in total. The molecular formula is C68H108O6. The molecule has 0 heterocycles. The summed E-state index contributed by atoms with van der Waals surface area (Å²) < 4.78 is 16.8. The predicted molar refractivity (Wildman–Crippen MR) is 320 cm³/mol. The van der Waals surface area contributed by atoms with Crippen LogP contribution < -0.4 is 0 Å². The average Bonchev–Trinajstić information content (AvgIpc) is 3.40. The number of carbonyl (C=O) groups excluding carboxylic acids is 3. The summed E-state index contributed by atoms with van der Waals surface area (Å²) in [4.78, 5) is 38.2. The van der Waals surface area contributed by atoms with Crippen LogP contribution in [0.2, 0.25) is 0 Å². The summed E-state index contributed by atoms with van der Waals surface area (Å²) in [6.07, 6.45) is 87.2. The van der Waals surface area contributed by atoms with Crippen LogP contribution >= 0.6 is 0 Å². The molecule has 0 aromatic heterocycles. The SMILES string of the molecule is CC/C=C\C/C=C\C/C=C\C/C=C\C/C=C\CCCCCCCCCCCC(=O)OCC(COC(=O)C/C=C\C/C=C\C/C=C\C/C=C\C/C=C\CC)OC(=O)CCCCCCC/C=C\C/C=C\CCCCCC. The Morgan fingerprint density at radius 2 is 0.581 bits per heavy atom. The van der Waals surface area contributed by atoms with Crippen LogP contribution in [0.4, 0.5) is 0 Å². The minimum atomic E-state index is -0.835. The molecule has 416 valence electrons. The maximum absolute atomic E-state index is 12.9. The van der Waals surface area contributed by atoms with Gasteiger partial charge < -0.3 is 14.2 Å². The van der Waals surface area contributed by atoms with Gasteiger partial charge in [0.1, 0.15) is 13.2 Å². The van der Waals surface area contributed by atoms with Crippen LogP contribution in [0.5, 0.6) is 0 Å². The minimum absolute atomic E-state index is 0.117. The summed E-state index contributed by atoms with van der Waals surface area (Å²) in [5.74, 6) is -1.08. The highest BCUT2D eigenvalue weighted by molar-refractivity contribution is 5.72. The molecule has 0 aliphatic heterocycles. The van der Waals surface area contributed by atoms with Gasteiger partial charge in [0.2, 0.25) is 0 Å².